The Balaban J connectivity index is 2.48. The predicted octanol–water partition coefficient (Wildman–Crippen LogP) is 3.82. The molecule has 0 unspecified atom stereocenters. The van der Waals surface area contributed by atoms with Crippen molar-refractivity contribution in [1.82, 2.24) is 9.97 Å². The summed E-state index contributed by atoms with van der Waals surface area (Å²) < 4.78 is 5.47. The fourth-order valence-corrected chi connectivity index (χ4v) is 2.17. The normalized spacial score (nSPS) is 10.7. The van der Waals surface area contributed by atoms with E-state index in [2.05, 4.69) is 25.9 Å². The van der Waals surface area contributed by atoms with Gasteiger partial charge in [-0.05, 0) is 34.1 Å². The Morgan fingerprint density at radius 2 is 2.05 bits per heavy atom. The quantitative estimate of drug-likeness (QED) is 0.800. The van der Waals surface area contributed by atoms with Gasteiger partial charge in [-0.3, -0.25) is 0 Å². The van der Waals surface area contributed by atoms with Gasteiger partial charge in [0.15, 0.2) is 0 Å². The Bertz CT molecular complexity index is 642. The van der Waals surface area contributed by atoms with Crippen LogP contribution in [0.25, 0.3) is 11.3 Å². The number of hydrogen-bond donors (Lipinski definition) is 0. The lowest BCUT2D eigenvalue weighted by Gasteiger charge is -2.08. The van der Waals surface area contributed by atoms with Gasteiger partial charge in [0.25, 0.3) is 0 Å². The molecular formula is C15H15BrN2O2. The SMILES string of the molecule is COC(=O)c1cc(-c2ccnc(C(C)C)n2)ccc1Br. The molecule has 0 atom stereocenters. The molecule has 0 aliphatic rings. The number of methoxy groups -OCH3 is 1. The van der Waals surface area contributed by atoms with Gasteiger partial charge in [-0.1, -0.05) is 19.9 Å². The first kappa shape index (κ1) is 14.7. The molecule has 0 fully saturated rings. The zero-order valence-electron chi connectivity index (χ0n) is 11.6. The molecule has 0 saturated heterocycles. The summed E-state index contributed by atoms with van der Waals surface area (Å²) in [5.41, 5.74) is 2.13. The third-order valence-corrected chi connectivity index (χ3v) is 3.55. The molecule has 0 aliphatic heterocycles. The van der Waals surface area contributed by atoms with Crippen LogP contribution in [0.3, 0.4) is 0 Å². The van der Waals surface area contributed by atoms with Crippen molar-refractivity contribution in [1.29, 1.82) is 0 Å². The number of esters is 1. The lowest BCUT2D eigenvalue weighted by molar-refractivity contribution is 0.0599. The number of ether oxygens (including phenoxy) is 1. The number of rotatable bonds is 3. The van der Waals surface area contributed by atoms with E-state index >= 15 is 0 Å². The van der Waals surface area contributed by atoms with Crippen LogP contribution in [0.1, 0.15) is 35.9 Å². The molecule has 0 radical (unpaired) electrons. The second-order valence-corrected chi connectivity index (χ2v) is 5.50. The zero-order chi connectivity index (χ0) is 14.7. The number of aromatic nitrogens is 2. The summed E-state index contributed by atoms with van der Waals surface area (Å²) in [6.07, 6.45) is 1.73. The minimum atomic E-state index is -0.378. The van der Waals surface area contributed by atoms with Crippen molar-refractivity contribution in [2.24, 2.45) is 0 Å². The molecule has 5 heteroatoms. The molecule has 1 heterocycles. The summed E-state index contributed by atoms with van der Waals surface area (Å²) in [6, 6.07) is 7.32. The van der Waals surface area contributed by atoms with E-state index < -0.39 is 0 Å². The number of carbonyl (C=O) groups is 1. The molecule has 0 saturated carbocycles. The van der Waals surface area contributed by atoms with Crippen molar-refractivity contribution in [3.05, 3.63) is 46.3 Å². The van der Waals surface area contributed by atoms with Gasteiger partial charge in [0.05, 0.1) is 18.4 Å². The van der Waals surface area contributed by atoms with Crippen LogP contribution in [0.15, 0.2) is 34.9 Å². The Kier molecular flexibility index (Phi) is 4.49. The van der Waals surface area contributed by atoms with Crippen molar-refractivity contribution in [2.75, 3.05) is 7.11 Å². The van der Waals surface area contributed by atoms with Gasteiger partial charge in [-0.15, -0.1) is 0 Å². The highest BCUT2D eigenvalue weighted by Gasteiger charge is 2.13. The monoisotopic (exact) mass is 334 g/mol. The van der Waals surface area contributed by atoms with Gasteiger partial charge >= 0.3 is 5.97 Å². The molecule has 2 rings (SSSR count). The first-order valence-corrected chi connectivity index (χ1v) is 7.03. The number of nitrogens with zero attached hydrogens (tertiary/aromatic N) is 2. The summed E-state index contributed by atoms with van der Waals surface area (Å²) in [5.74, 6) is 0.660. The number of halogens is 1. The zero-order valence-corrected chi connectivity index (χ0v) is 13.1. The highest BCUT2D eigenvalue weighted by molar-refractivity contribution is 9.10. The molecule has 1 aromatic heterocycles. The van der Waals surface area contributed by atoms with Gasteiger partial charge < -0.3 is 4.74 Å². The van der Waals surface area contributed by atoms with Gasteiger partial charge in [0.1, 0.15) is 5.82 Å². The van der Waals surface area contributed by atoms with Gasteiger partial charge in [-0.2, -0.15) is 0 Å². The topological polar surface area (TPSA) is 52.1 Å². The lowest BCUT2D eigenvalue weighted by Crippen LogP contribution is -2.03. The smallest absolute Gasteiger partial charge is 0.339 e. The number of carbonyl (C=O) groups excluding carboxylic acids is 1. The average molecular weight is 335 g/mol. The van der Waals surface area contributed by atoms with Crippen molar-refractivity contribution < 1.29 is 9.53 Å². The number of benzene rings is 1. The van der Waals surface area contributed by atoms with Crippen molar-refractivity contribution in [2.45, 2.75) is 19.8 Å². The van der Waals surface area contributed by atoms with E-state index in [0.29, 0.717) is 10.0 Å². The van der Waals surface area contributed by atoms with Crippen LogP contribution in [0.5, 0.6) is 0 Å². The Morgan fingerprint density at radius 1 is 1.30 bits per heavy atom. The van der Waals surface area contributed by atoms with Crippen LogP contribution >= 0.6 is 15.9 Å². The van der Waals surface area contributed by atoms with Crippen LogP contribution in [0.2, 0.25) is 0 Å². The third-order valence-electron chi connectivity index (χ3n) is 2.86. The third kappa shape index (κ3) is 3.04. The van der Waals surface area contributed by atoms with E-state index in [1.54, 1.807) is 12.3 Å². The molecule has 0 aliphatic carbocycles. The molecule has 0 spiro atoms. The lowest BCUT2D eigenvalue weighted by atomic mass is 10.1. The number of hydrogen-bond acceptors (Lipinski definition) is 4. The largest absolute Gasteiger partial charge is 0.465 e. The van der Waals surface area contributed by atoms with Crippen molar-refractivity contribution in [3.63, 3.8) is 0 Å². The Labute approximate surface area is 126 Å². The summed E-state index contributed by atoms with van der Waals surface area (Å²) in [7, 11) is 1.36. The molecule has 104 valence electrons. The fourth-order valence-electron chi connectivity index (χ4n) is 1.76. The minimum absolute atomic E-state index is 0.255. The van der Waals surface area contributed by atoms with Crippen LogP contribution < -0.4 is 0 Å². The molecule has 0 amide bonds. The van der Waals surface area contributed by atoms with E-state index in [1.807, 2.05) is 32.0 Å². The van der Waals surface area contributed by atoms with Gasteiger partial charge in [0, 0.05) is 22.2 Å². The summed E-state index contributed by atoms with van der Waals surface area (Å²) in [5, 5.41) is 0. The predicted molar refractivity (Wildman–Crippen MR) is 80.6 cm³/mol. The molecule has 0 N–H and O–H groups in total. The van der Waals surface area contributed by atoms with Crippen molar-refractivity contribution >= 4 is 21.9 Å². The highest BCUT2D eigenvalue weighted by atomic mass is 79.9. The first-order chi connectivity index (χ1) is 9.52. The minimum Gasteiger partial charge on any atom is -0.465 e. The van der Waals surface area contributed by atoms with Gasteiger partial charge in [0.2, 0.25) is 0 Å². The van der Waals surface area contributed by atoms with Crippen LogP contribution in [0, 0.1) is 0 Å². The van der Waals surface area contributed by atoms with E-state index in [4.69, 9.17) is 4.74 Å². The average Bonchev–Trinajstić information content (AvgIpc) is 2.47. The van der Waals surface area contributed by atoms with Crippen LogP contribution in [-0.2, 0) is 4.74 Å². The fraction of sp³-hybridized carbons (Fsp3) is 0.267. The standard InChI is InChI=1S/C15H15BrN2O2/c1-9(2)14-17-7-6-13(18-14)10-4-5-12(16)11(8-10)15(19)20-3/h4-9H,1-3H3. The maximum absolute atomic E-state index is 11.7. The van der Waals surface area contributed by atoms with E-state index in [1.165, 1.54) is 7.11 Å². The highest BCUT2D eigenvalue weighted by Crippen LogP contribution is 2.25. The van der Waals surface area contributed by atoms with E-state index in [-0.39, 0.29) is 11.9 Å². The maximum atomic E-state index is 11.7. The van der Waals surface area contributed by atoms with Crippen LogP contribution in [-0.4, -0.2) is 23.0 Å². The summed E-state index contributed by atoms with van der Waals surface area (Å²) >= 11 is 3.35. The Hall–Kier alpha value is -1.75. The molecule has 1 aromatic carbocycles. The summed E-state index contributed by atoms with van der Waals surface area (Å²) in [6.45, 7) is 4.08. The van der Waals surface area contributed by atoms with Gasteiger partial charge in [-0.25, -0.2) is 14.8 Å². The second-order valence-electron chi connectivity index (χ2n) is 4.64. The molecule has 20 heavy (non-hydrogen) atoms. The second kappa shape index (κ2) is 6.13. The molecule has 4 nitrogen and oxygen atoms in total. The van der Waals surface area contributed by atoms with Crippen LogP contribution in [0.4, 0.5) is 0 Å². The first-order valence-electron chi connectivity index (χ1n) is 6.24. The molecule has 0 bridgehead atoms. The van der Waals surface area contributed by atoms with E-state index in [9.17, 15) is 4.79 Å². The molecule has 2 aromatic rings. The Morgan fingerprint density at radius 3 is 2.70 bits per heavy atom. The van der Waals surface area contributed by atoms with Crippen molar-refractivity contribution in [3.8, 4) is 11.3 Å². The summed E-state index contributed by atoms with van der Waals surface area (Å²) in [4.78, 5) is 20.5. The molecular weight excluding hydrogens is 320 g/mol. The maximum Gasteiger partial charge on any atom is 0.339 e. The van der Waals surface area contributed by atoms with E-state index in [0.717, 1.165) is 17.1 Å².